The summed E-state index contributed by atoms with van der Waals surface area (Å²) < 4.78 is 26.5. The average Bonchev–Trinajstić information content (AvgIpc) is 3.11. The maximum absolute atomic E-state index is 13.4. The van der Waals surface area contributed by atoms with E-state index in [9.17, 15) is 13.6 Å². The Hall–Kier alpha value is -1.46. The second kappa shape index (κ2) is 5.73. The standard InChI is InChI=1S/C15H12ClF2NOS/c16-10-8-12(18)11(17)7-9(10)15(20)19-5-1-3-13(19)14-4-2-6-21-14/h2,4,6-8,13H,1,3,5H2/t13-/m0/s1. The molecule has 1 saturated heterocycles. The summed E-state index contributed by atoms with van der Waals surface area (Å²) in [4.78, 5) is 15.4. The van der Waals surface area contributed by atoms with E-state index in [1.54, 1.807) is 16.2 Å². The lowest BCUT2D eigenvalue weighted by molar-refractivity contribution is 0.0737. The Bertz CT molecular complexity index is 675. The van der Waals surface area contributed by atoms with Crippen LogP contribution in [0.2, 0.25) is 5.02 Å². The van der Waals surface area contributed by atoms with Gasteiger partial charge in [-0.15, -0.1) is 11.3 Å². The Morgan fingerprint density at radius 1 is 1.33 bits per heavy atom. The van der Waals surface area contributed by atoms with Crippen molar-refractivity contribution in [3.63, 3.8) is 0 Å². The maximum Gasteiger partial charge on any atom is 0.256 e. The number of carbonyl (C=O) groups is 1. The molecule has 3 rings (SSSR count). The predicted octanol–water partition coefficient (Wildman–Crippen LogP) is 4.66. The van der Waals surface area contributed by atoms with Gasteiger partial charge in [0.25, 0.3) is 5.91 Å². The quantitative estimate of drug-likeness (QED) is 0.735. The van der Waals surface area contributed by atoms with Crippen molar-refractivity contribution in [1.82, 2.24) is 4.90 Å². The Morgan fingerprint density at radius 2 is 2.10 bits per heavy atom. The highest BCUT2D eigenvalue weighted by atomic mass is 35.5. The van der Waals surface area contributed by atoms with Gasteiger partial charge in [0, 0.05) is 11.4 Å². The highest BCUT2D eigenvalue weighted by Crippen LogP contribution is 2.36. The topological polar surface area (TPSA) is 20.3 Å². The van der Waals surface area contributed by atoms with Crippen molar-refractivity contribution in [3.8, 4) is 0 Å². The molecule has 0 radical (unpaired) electrons. The van der Waals surface area contributed by atoms with E-state index in [2.05, 4.69) is 0 Å². The van der Waals surface area contributed by atoms with Gasteiger partial charge in [-0.25, -0.2) is 8.78 Å². The molecule has 1 atom stereocenters. The third-order valence-electron chi connectivity index (χ3n) is 3.63. The van der Waals surface area contributed by atoms with E-state index in [1.807, 2.05) is 17.5 Å². The van der Waals surface area contributed by atoms with Gasteiger partial charge in [-0.1, -0.05) is 17.7 Å². The SMILES string of the molecule is O=C(c1cc(F)c(F)cc1Cl)N1CCC[C@H]1c1cccs1. The van der Waals surface area contributed by atoms with E-state index in [0.717, 1.165) is 29.9 Å². The molecule has 1 aromatic carbocycles. The Balaban J connectivity index is 1.93. The molecule has 1 aliphatic rings. The number of carbonyl (C=O) groups excluding carboxylic acids is 1. The number of rotatable bonds is 2. The largest absolute Gasteiger partial charge is 0.331 e. The van der Waals surface area contributed by atoms with E-state index >= 15 is 0 Å². The van der Waals surface area contributed by atoms with Crippen LogP contribution in [0.1, 0.15) is 34.1 Å². The molecular formula is C15H12ClF2NOS. The van der Waals surface area contributed by atoms with Gasteiger partial charge in [0.2, 0.25) is 0 Å². The van der Waals surface area contributed by atoms with Crippen molar-refractivity contribution in [2.45, 2.75) is 18.9 Å². The minimum absolute atomic E-state index is 0.0123. The summed E-state index contributed by atoms with van der Waals surface area (Å²) in [5, 5.41) is 1.90. The lowest BCUT2D eigenvalue weighted by Gasteiger charge is -2.24. The minimum atomic E-state index is -1.06. The van der Waals surface area contributed by atoms with Crippen molar-refractivity contribution in [1.29, 1.82) is 0 Å². The molecule has 0 saturated carbocycles. The van der Waals surface area contributed by atoms with E-state index < -0.39 is 11.6 Å². The fourth-order valence-electron chi connectivity index (χ4n) is 2.63. The lowest BCUT2D eigenvalue weighted by atomic mass is 10.1. The average molecular weight is 328 g/mol. The van der Waals surface area contributed by atoms with Gasteiger partial charge in [-0.05, 0) is 36.4 Å². The fraction of sp³-hybridized carbons (Fsp3) is 0.267. The Morgan fingerprint density at radius 3 is 2.81 bits per heavy atom. The molecule has 1 aromatic heterocycles. The molecule has 2 aromatic rings. The molecule has 1 fully saturated rings. The van der Waals surface area contributed by atoms with Gasteiger partial charge in [0.05, 0.1) is 16.6 Å². The van der Waals surface area contributed by atoms with Gasteiger partial charge >= 0.3 is 0 Å². The van der Waals surface area contributed by atoms with E-state index in [-0.39, 0.29) is 22.5 Å². The molecule has 6 heteroatoms. The summed E-state index contributed by atoms with van der Waals surface area (Å²) in [6.45, 7) is 0.594. The summed E-state index contributed by atoms with van der Waals surface area (Å²) in [6.07, 6.45) is 1.75. The first-order valence-electron chi connectivity index (χ1n) is 6.57. The number of halogens is 3. The second-order valence-corrected chi connectivity index (χ2v) is 6.30. The van der Waals surface area contributed by atoms with E-state index in [4.69, 9.17) is 11.6 Å². The van der Waals surface area contributed by atoms with Crippen molar-refractivity contribution in [2.75, 3.05) is 6.54 Å². The molecule has 1 aliphatic heterocycles. The molecule has 0 aliphatic carbocycles. The van der Waals surface area contributed by atoms with Crippen LogP contribution in [0.25, 0.3) is 0 Å². The first-order valence-corrected chi connectivity index (χ1v) is 7.82. The van der Waals surface area contributed by atoms with Crippen molar-refractivity contribution >= 4 is 28.8 Å². The van der Waals surface area contributed by atoms with Crippen LogP contribution in [0.4, 0.5) is 8.78 Å². The summed E-state index contributed by atoms with van der Waals surface area (Å²) >= 11 is 7.48. The third-order valence-corrected chi connectivity index (χ3v) is 4.91. The molecular weight excluding hydrogens is 316 g/mol. The highest BCUT2D eigenvalue weighted by molar-refractivity contribution is 7.10. The molecule has 110 valence electrons. The molecule has 0 unspecified atom stereocenters. The van der Waals surface area contributed by atoms with Gasteiger partial charge < -0.3 is 4.90 Å². The molecule has 0 spiro atoms. The van der Waals surface area contributed by atoms with Crippen molar-refractivity contribution in [2.24, 2.45) is 0 Å². The molecule has 2 heterocycles. The molecule has 0 bridgehead atoms. The van der Waals surface area contributed by atoms with Crippen molar-refractivity contribution < 1.29 is 13.6 Å². The number of hydrogen-bond acceptors (Lipinski definition) is 2. The second-order valence-electron chi connectivity index (χ2n) is 4.92. The number of nitrogens with zero attached hydrogens (tertiary/aromatic N) is 1. The van der Waals surface area contributed by atoms with Crippen molar-refractivity contribution in [3.05, 3.63) is 56.7 Å². The maximum atomic E-state index is 13.4. The van der Waals surface area contributed by atoms with Crippen LogP contribution in [0.15, 0.2) is 29.6 Å². The number of hydrogen-bond donors (Lipinski definition) is 0. The van der Waals surface area contributed by atoms with Gasteiger partial charge in [-0.3, -0.25) is 4.79 Å². The Kier molecular flexibility index (Phi) is 3.95. The normalized spacial score (nSPS) is 18.2. The van der Waals surface area contributed by atoms with Gasteiger partial charge in [0.15, 0.2) is 11.6 Å². The Labute approximate surface area is 130 Å². The lowest BCUT2D eigenvalue weighted by Crippen LogP contribution is -2.30. The molecule has 21 heavy (non-hydrogen) atoms. The van der Waals surface area contributed by atoms with Crippen LogP contribution in [0, 0.1) is 11.6 Å². The summed E-state index contributed by atoms with van der Waals surface area (Å²) in [7, 11) is 0. The predicted molar refractivity (Wildman–Crippen MR) is 78.7 cm³/mol. The third kappa shape index (κ3) is 2.68. The van der Waals surface area contributed by atoms with Gasteiger partial charge in [-0.2, -0.15) is 0 Å². The summed E-state index contributed by atoms with van der Waals surface area (Å²) in [6, 6.07) is 5.63. The smallest absolute Gasteiger partial charge is 0.256 e. The summed E-state index contributed by atoms with van der Waals surface area (Å²) in [5.41, 5.74) is 0.0130. The van der Waals surface area contributed by atoms with Crippen LogP contribution < -0.4 is 0 Å². The number of amides is 1. The highest BCUT2D eigenvalue weighted by Gasteiger charge is 2.32. The molecule has 2 nitrogen and oxygen atoms in total. The number of thiophene rings is 1. The summed E-state index contributed by atoms with van der Waals surface area (Å²) in [5.74, 6) is -2.46. The van der Waals surface area contributed by atoms with Crippen LogP contribution >= 0.6 is 22.9 Å². The van der Waals surface area contributed by atoms with Crippen LogP contribution in [0.3, 0.4) is 0 Å². The minimum Gasteiger partial charge on any atom is -0.331 e. The first-order chi connectivity index (χ1) is 10.1. The molecule has 1 amide bonds. The number of benzene rings is 1. The fourth-order valence-corrected chi connectivity index (χ4v) is 3.73. The monoisotopic (exact) mass is 327 g/mol. The molecule has 0 N–H and O–H groups in total. The van der Waals surface area contributed by atoms with E-state index in [0.29, 0.717) is 6.54 Å². The van der Waals surface area contributed by atoms with Crippen LogP contribution in [-0.4, -0.2) is 17.4 Å². The number of likely N-dealkylation sites (tertiary alicyclic amines) is 1. The zero-order valence-corrected chi connectivity index (χ0v) is 12.6. The van der Waals surface area contributed by atoms with Crippen LogP contribution in [0.5, 0.6) is 0 Å². The van der Waals surface area contributed by atoms with Crippen LogP contribution in [-0.2, 0) is 0 Å². The zero-order valence-electron chi connectivity index (χ0n) is 11.0. The first kappa shape index (κ1) is 14.5. The van der Waals surface area contributed by atoms with Gasteiger partial charge in [0.1, 0.15) is 0 Å². The van der Waals surface area contributed by atoms with E-state index in [1.165, 1.54) is 0 Å². The zero-order chi connectivity index (χ0) is 15.0.